The van der Waals surface area contributed by atoms with Crippen molar-refractivity contribution in [3.63, 3.8) is 0 Å². The number of aromatic nitrogens is 1. The molecule has 1 aromatic carbocycles. The van der Waals surface area contributed by atoms with E-state index in [1.165, 1.54) is 23.5 Å². The molecule has 0 radical (unpaired) electrons. The lowest BCUT2D eigenvalue weighted by atomic mass is 10.1. The van der Waals surface area contributed by atoms with Crippen molar-refractivity contribution in [1.82, 2.24) is 4.98 Å². The predicted octanol–water partition coefficient (Wildman–Crippen LogP) is 3.42. The van der Waals surface area contributed by atoms with E-state index >= 15 is 0 Å². The maximum absolute atomic E-state index is 13.6. The fourth-order valence-electron chi connectivity index (χ4n) is 1.54. The minimum atomic E-state index is -0.602. The lowest BCUT2D eigenvalue weighted by molar-refractivity contribution is 0.585. The van der Waals surface area contributed by atoms with Gasteiger partial charge in [-0.1, -0.05) is 0 Å². The molecule has 2 N–H and O–H groups in total. The first-order valence-electron chi connectivity index (χ1n) is 5.17. The van der Waals surface area contributed by atoms with Crippen molar-refractivity contribution in [2.45, 2.75) is 19.9 Å². The second kappa shape index (κ2) is 4.50. The predicted molar refractivity (Wildman–Crippen MR) is 64.8 cm³/mol. The normalized spacial score (nSPS) is 12.8. The van der Waals surface area contributed by atoms with E-state index in [0.29, 0.717) is 11.3 Å². The highest BCUT2D eigenvalue weighted by Gasteiger charge is 2.15. The van der Waals surface area contributed by atoms with Crippen molar-refractivity contribution in [2.24, 2.45) is 5.73 Å². The minimum absolute atomic E-state index is 0.184. The van der Waals surface area contributed by atoms with E-state index < -0.39 is 11.6 Å². The van der Waals surface area contributed by atoms with Crippen LogP contribution < -0.4 is 5.73 Å². The number of rotatable bonds is 2. The number of benzene rings is 1. The summed E-state index contributed by atoms with van der Waals surface area (Å²) in [7, 11) is 0. The van der Waals surface area contributed by atoms with Gasteiger partial charge < -0.3 is 5.73 Å². The van der Waals surface area contributed by atoms with Gasteiger partial charge in [-0.05, 0) is 26.0 Å². The smallest absolute Gasteiger partial charge is 0.135 e. The molecule has 1 aromatic heterocycles. The molecule has 2 rings (SSSR count). The first kappa shape index (κ1) is 12.1. The van der Waals surface area contributed by atoms with Crippen molar-refractivity contribution in [2.75, 3.05) is 0 Å². The van der Waals surface area contributed by atoms with Crippen molar-refractivity contribution < 1.29 is 8.78 Å². The monoisotopic (exact) mass is 254 g/mol. The Hall–Kier alpha value is -1.33. The maximum Gasteiger partial charge on any atom is 0.135 e. The van der Waals surface area contributed by atoms with Gasteiger partial charge in [0.15, 0.2) is 0 Å². The zero-order valence-corrected chi connectivity index (χ0v) is 10.3. The Morgan fingerprint density at radius 1 is 1.35 bits per heavy atom. The fraction of sp³-hybridized carbons (Fsp3) is 0.250. The molecule has 0 aliphatic carbocycles. The van der Waals surface area contributed by atoms with Gasteiger partial charge in [0.1, 0.15) is 16.6 Å². The van der Waals surface area contributed by atoms with Gasteiger partial charge in [-0.15, -0.1) is 11.3 Å². The summed E-state index contributed by atoms with van der Waals surface area (Å²) >= 11 is 1.43. The van der Waals surface area contributed by atoms with E-state index in [1.54, 1.807) is 0 Å². The Morgan fingerprint density at radius 2 is 2.06 bits per heavy atom. The summed E-state index contributed by atoms with van der Waals surface area (Å²) in [6.45, 7) is 3.67. The van der Waals surface area contributed by atoms with Crippen molar-refractivity contribution in [1.29, 1.82) is 0 Å². The zero-order chi connectivity index (χ0) is 12.6. The average Bonchev–Trinajstić information content (AvgIpc) is 2.61. The van der Waals surface area contributed by atoms with Crippen LogP contribution in [0.4, 0.5) is 8.78 Å². The maximum atomic E-state index is 13.6. The number of hydrogen-bond donors (Lipinski definition) is 1. The van der Waals surface area contributed by atoms with Crippen LogP contribution in [0.3, 0.4) is 0 Å². The Balaban J connectivity index is 2.52. The van der Waals surface area contributed by atoms with E-state index in [9.17, 15) is 8.78 Å². The third-order valence-corrected chi connectivity index (χ3v) is 3.56. The van der Waals surface area contributed by atoms with E-state index in [1.807, 2.05) is 13.8 Å². The zero-order valence-electron chi connectivity index (χ0n) is 9.50. The third-order valence-electron chi connectivity index (χ3n) is 2.39. The summed E-state index contributed by atoms with van der Waals surface area (Å²) in [6, 6.07) is 3.30. The van der Waals surface area contributed by atoms with E-state index in [-0.39, 0.29) is 6.04 Å². The molecule has 0 saturated heterocycles. The summed E-state index contributed by atoms with van der Waals surface area (Å²) in [6.07, 6.45) is 0. The lowest BCUT2D eigenvalue weighted by Crippen LogP contribution is -2.03. The molecular formula is C12H12F2N2S. The Kier molecular flexibility index (Phi) is 3.22. The highest BCUT2D eigenvalue weighted by Crippen LogP contribution is 2.31. The first-order valence-corrected chi connectivity index (χ1v) is 5.99. The first-order chi connectivity index (χ1) is 7.99. The molecule has 0 fully saturated rings. The van der Waals surface area contributed by atoms with Crippen LogP contribution in [0.1, 0.15) is 22.9 Å². The van der Waals surface area contributed by atoms with Gasteiger partial charge in [-0.2, -0.15) is 0 Å². The van der Waals surface area contributed by atoms with Gasteiger partial charge in [0.25, 0.3) is 0 Å². The molecule has 0 aliphatic heterocycles. The minimum Gasteiger partial charge on any atom is -0.322 e. The quantitative estimate of drug-likeness (QED) is 0.891. The van der Waals surface area contributed by atoms with E-state index in [4.69, 9.17) is 5.73 Å². The number of thiazole rings is 1. The summed E-state index contributed by atoms with van der Waals surface area (Å²) in [4.78, 5) is 5.18. The van der Waals surface area contributed by atoms with Gasteiger partial charge in [0.2, 0.25) is 0 Å². The van der Waals surface area contributed by atoms with E-state index in [2.05, 4.69) is 4.98 Å². The highest BCUT2D eigenvalue weighted by molar-refractivity contribution is 7.12. The molecule has 0 bridgehead atoms. The van der Waals surface area contributed by atoms with Crippen LogP contribution in [0.5, 0.6) is 0 Å². The largest absolute Gasteiger partial charge is 0.322 e. The van der Waals surface area contributed by atoms with Gasteiger partial charge in [0.05, 0.1) is 11.7 Å². The standard InChI is InChI=1S/C12H12F2N2S/c1-6(15)12-16-11(7(2)17-12)9-4-3-8(13)5-10(9)14/h3-6H,15H2,1-2H3. The third kappa shape index (κ3) is 2.35. The van der Waals surface area contributed by atoms with Crippen LogP contribution in [0.15, 0.2) is 18.2 Å². The van der Waals surface area contributed by atoms with Gasteiger partial charge in [-0.3, -0.25) is 0 Å². The lowest BCUT2D eigenvalue weighted by Gasteiger charge is -2.01. The van der Waals surface area contributed by atoms with Crippen LogP contribution in [0.2, 0.25) is 0 Å². The van der Waals surface area contributed by atoms with Crippen LogP contribution in [0.25, 0.3) is 11.3 Å². The van der Waals surface area contributed by atoms with Crippen molar-refractivity contribution in [3.05, 3.63) is 39.7 Å². The summed E-state index contributed by atoms with van der Waals surface area (Å²) in [5, 5.41) is 0.751. The van der Waals surface area contributed by atoms with Crippen LogP contribution in [0, 0.1) is 18.6 Å². The molecule has 2 nitrogen and oxygen atoms in total. The number of hydrogen-bond acceptors (Lipinski definition) is 3. The molecule has 0 amide bonds. The van der Waals surface area contributed by atoms with Crippen LogP contribution in [-0.2, 0) is 0 Å². The molecule has 17 heavy (non-hydrogen) atoms. The SMILES string of the molecule is Cc1sc(C(C)N)nc1-c1ccc(F)cc1F. The second-order valence-corrected chi connectivity index (χ2v) is 5.10. The fourth-order valence-corrected chi connectivity index (χ4v) is 2.43. The molecule has 5 heteroatoms. The Labute approximate surface area is 102 Å². The highest BCUT2D eigenvalue weighted by atomic mass is 32.1. The molecule has 90 valence electrons. The molecule has 1 heterocycles. The van der Waals surface area contributed by atoms with Crippen LogP contribution in [-0.4, -0.2) is 4.98 Å². The Bertz CT molecular complexity index is 549. The molecular weight excluding hydrogens is 242 g/mol. The average molecular weight is 254 g/mol. The van der Waals surface area contributed by atoms with Gasteiger partial charge in [-0.25, -0.2) is 13.8 Å². The molecule has 0 spiro atoms. The number of aryl methyl sites for hydroxylation is 1. The van der Waals surface area contributed by atoms with E-state index in [0.717, 1.165) is 16.0 Å². The molecule has 0 aliphatic rings. The Morgan fingerprint density at radius 3 is 2.59 bits per heavy atom. The van der Waals surface area contributed by atoms with Crippen molar-refractivity contribution in [3.8, 4) is 11.3 Å². The molecule has 1 unspecified atom stereocenters. The number of nitrogens with zero attached hydrogens (tertiary/aromatic N) is 1. The number of halogens is 2. The summed E-state index contributed by atoms with van der Waals surface area (Å²) < 4.78 is 26.4. The van der Waals surface area contributed by atoms with Crippen LogP contribution >= 0.6 is 11.3 Å². The second-order valence-electron chi connectivity index (χ2n) is 3.87. The van der Waals surface area contributed by atoms with Gasteiger partial charge in [0, 0.05) is 16.5 Å². The molecule has 0 saturated carbocycles. The summed E-state index contributed by atoms with van der Waals surface area (Å²) in [5.74, 6) is -1.19. The molecule has 2 aromatic rings. The van der Waals surface area contributed by atoms with Crippen molar-refractivity contribution >= 4 is 11.3 Å². The summed E-state index contributed by atoms with van der Waals surface area (Å²) in [5.41, 5.74) is 6.58. The molecule has 1 atom stereocenters. The number of nitrogens with two attached hydrogens (primary N) is 1. The van der Waals surface area contributed by atoms with Gasteiger partial charge >= 0.3 is 0 Å². The topological polar surface area (TPSA) is 38.9 Å².